The molecule has 8 heteroatoms. The van der Waals surface area contributed by atoms with E-state index in [-0.39, 0.29) is 0 Å². The highest BCUT2D eigenvalue weighted by molar-refractivity contribution is 5.95. The minimum absolute atomic E-state index is 0.407. The zero-order chi connectivity index (χ0) is 20.5. The smallest absolute Gasteiger partial charge is 0.248 e. The molecular weight excluding hydrogens is 370 g/mol. The Kier molecular flexibility index (Phi) is 4.67. The zero-order valence-electron chi connectivity index (χ0n) is 16.3. The van der Waals surface area contributed by atoms with Gasteiger partial charge in [0.15, 0.2) is 5.82 Å². The summed E-state index contributed by atoms with van der Waals surface area (Å²) >= 11 is 0. The topological polar surface area (TPSA) is 104 Å². The van der Waals surface area contributed by atoms with Crippen LogP contribution < -0.4 is 20.5 Å². The Morgan fingerprint density at radius 1 is 1.14 bits per heavy atom. The Hall–Kier alpha value is -3.81. The van der Waals surface area contributed by atoms with Crippen LogP contribution in [-0.4, -0.2) is 34.9 Å². The number of amides is 1. The maximum Gasteiger partial charge on any atom is 0.248 e. The maximum atomic E-state index is 12.3. The summed E-state index contributed by atoms with van der Waals surface area (Å²) in [6.45, 7) is 1.80. The number of fused-ring (bicyclic) bond motifs is 1. The first-order valence-corrected chi connectivity index (χ1v) is 9.05. The zero-order valence-corrected chi connectivity index (χ0v) is 16.3. The number of nitrogens with two attached hydrogens (primary N) is 1. The molecule has 0 saturated heterocycles. The van der Waals surface area contributed by atoms with Gasteiger partial charge in [-0.05, 0) is 25.1 Å². The van der Waals surface area contributed by atoms with Gasteiger partial charge < -0.3 is 20.5 Å². The lowest BCUT2D eigenvalue weighted by molar-refractivity contribution is -0.115. The Labute approximate surface area is 168 Å². The highest BCUT2D eigenvalue weighted by atomic mass is 16.5. The molecule has 3 N–H and O–H groups in total. The number of allylic oxidation sites excluding steroid dienone is 1. The van der Waals surface area contributed by atoms with E-state index in [2.05, 4.69) is 15.4 Å². The van der Waals surface area contributed by atoms with Crippen molar-refractivity contribution in [3.05, 3.63) is 65.4 Å². The number of hydrogen-bond donors (Lipinski definition) is 2. The number of ether oxygens (including phenoxy) is 2. The monoisotopic (exact) mass is 391 g/mol. The van der Waals surface area contributed by atoms with Crippen molar-refractivity contribution in [2.24, 2.45) is 5.73 Å². The molecule has 0 radical (unpaired) electrons. The van der Waals surface area contributed by atoms with Crippen LogP contribution >= 0.6 is 0 Å². The quantitative estimate of drug-likeness (QED) is 0.693. The van der Waals surface area contributed by atoms with Crippen LogP contribution in [0.15, 0.2) is 59.8 Å². The molecule has 8 nitrogen and oxygen atoms in total. The summed E-state index contributed by atoms with van der Waals surface area (Å²) < 4.78 is 12.5. The molecule has 1 aromatic heterocycles. The summed E-state index contributed by atoms with van der Waals surface area (Å²) in [7, 11) is 3.20. The molecule has 0 spiro atoms. The van der Waals surface area contributed by atoms with Gasteiger partial charge in [0.25, 0.3) is 0 Å². The standard InChI is InChI=1S/C21H21N5O3/c1-12-17(19(22)27)18(15-9-4-5-10-16(15)29-3)26-21(23-12)24-20(25-26)13-7-6-8-14(11-13)28-2/h4-11,18H,1-3H3,(H2,22,27)(H,23,24,25). The van der Waals surface area contributed by atoms with E-state index in [1.807, 2.05) is 48.5 Å². The lowest BCUT2D eigenvalue weighted by Crippen LogP contribution is -2.32. The highest BCUT2D eigenvalue weighted by Crippen LogP contribution is 2.39. The molecule has 2 heterocycles. The van der Waals surface area contributed by atoms with E-state index in [9.17, 15) is 4.79 Å². The summed E-state index contributed by atoms with van der Waals surface area (Å²) in [6, 6.07) is 14.4. The number of carbonyl (C=O) groups excluding carboxylic acids is 1. The second-order valence-electron chi connectivity index (χ2n) is 6.61. The van der Waals surface area contributed by atoms with Crippen LogP contribution in [0.3, 0.4) is 0 Å². The molecule has 1 atom stereocenters. The summed E-state index contributed by atoms with van der Waals surface area (Å²) in [5.74, 6) is 1.83. The van der Waals surface area contributed by atoms with Gasteiger partial charge in [0.2, 0.25) is 11.9 Å². The van der Waals surface area contributed by atoms with E-state index in [1.54, 1.807) is 25.8 Å². The number of benzene rings is 2. The lowest BCUT2D eigenvalue weighted by atomic mass is 9.94. The first-order valence-electron chi connectivity index (χ1n) is 9.05. The van der Waals surface area contributed by atoms with Gasteiger partial charge in [0.1, 0.15) is 17.5 Å². The van der Waals surface area contributed by atoms with Crippen LogP contribution in [0.5, 0.6) is 11.5 Å². The number of methoxy groups -OCH3 is 2. The second kappa shape index (κ2) is 7.31. The number of anilines is 1. The molecule has 0 fully saturated rings. The van der Waals surface area contributed by atoms with Gasteiger partial charge >= 0.3 is 0 Å². The molecule has 0 aliphatic carbocycles. The Morgan fingerprint density at radius 3 is 2.66 bits per heavy atom. The molecule has 29 heavy (non-hydrogen) atoms. The van der Waals surface area contributed by atoms with E-state index < -0.39 is 11.9 Å². The Morgan fingerprint density at radius 2 is 1.93 bits per heavy atom. The average Bonchev–Trinajstić information content (AvgIpc) is 3.16. The van der Waals surface area contributed by atoms with Crippen molar-refractivity contribution in [1.82, 2.24) is 14.8 Å². The molecule has 0 bridgehead atoms. The van der Waals surface area contributed by atoms with Crippen molar-refractivity contribution in [2.75, 3.05) is 19.5 Å². The molecule has 1 unspecified atom stereocenters. The van der Waals surface area contributed by atoms with Gasteiger partial charge in [0.05, 0.1) is 19.8 Å². The van der Waals surface area contributed by atoms with E-state index in [0.29, 0.717) is 34.5 Å². The molecule has 3 aromatic rings. The van der Waals surface area contributed by atoms with Crippen molar-refractivity contribution >= 4 is 11.9 Å². The van der Waals surface area contributed by atoms with Crippen molar-refractivity contribution in [3.8, 4) is 22.9 Å². The van der Waals surface area contributed by atoms with Crippen LogP contribution in [0.2, 0.25) is 0 Å². The molecule has 0 saturated carbocycles. The largest absolute Gasteiger partial charge is 0.497 e. The van der Waals surface area contributed by atoms with Crippen LogP contribution in [-0.2, 0) is 4.79 Å². The SMILES string of the molecule is COc1cccc(-c2nc3n(n2)C(c2ccccc2OC)C(C(N)=O)=C(C)N3)c1. The van der Waals surface area contributed by atoms with Gasteiger partial charge in [0, 0.05) is 16.8 Å². The predicted molar refractivity (Wildman–Crippen MR) is 109 cm³/mol. The van der Waals surface area contributed by atoms with Crippen LogP contribution in [0.1, 0.15) is 18.5 Å². The normalized spacial score (nSPS) is 15.5. The molecule has 1 amide bonds. The third kappa shape index (κ3) is 3.18. The predicted octanol–water partition coefficient (Wildman–Crippen LogP) is 2.74. The first kappa shape index (κ1) is 18.5. The van der Waals surface area contributed by atoms with Crippen molar-refractivity contribution in [1.29, 1.82) is 0 Å². The average molecular weight is 391 g/mol. The van der Waals surface area contributed by atoms with Crippen LogP contribution in [0.4, 0.5) is 5.95 Å². The second-order valence-corrected chi connectivity index (χ2v) is 6.61. The van der Waals surface area contributed by atoms with Gasteiger partial charge in [-0.2, -0.15) is 4.98 Å². The Balaban J connectivity index is 1.90. The van der Waals surface area contributed by atoms with Crippen LogP contribution in [0, 0.1) is 0 Å². The number of nitrogens with zero attached hydrogens (tertiary/aromatic N) is 3. The van der Waals surface area contributed by atoms with Crippen LogP contribution in [0.25, 0.3) is 11.4 Å². The molecule has 2 aromatic carbocycles. The van der Waals surface area contributed by atoms with Gasteiger partial charge in [-0.1, -0.05) is 30.3 Å². The molecule has 148 valence electrons. The fourth-order valence-corrected chi connectivity index (χ4v) is 3.53. The van der Waals surface area contributed by atoms with Crippen molar-refractivity contribution < 1.29 is 14.3 Å². The van der Waals surface area contributed by atoms with E-state index in [1.165, 1.54) is 0 Å². The third-order valence-corrected chi connectivity index (χ3v) is 4.88. The fraction of sp³-hybridized carbons (Fsp3) is 0.190. The number of rotatable bonds is 5. The molecular formula is C21H21N5O3. The lowest BCUT2D eigenvalue weighted by Gasteiger charge is -2.28. The third-order valence-electron chi connectivity index (χ3n) is 4.88. The first-order chi connectivity index (χ1) is 14.0. The number of hydrogen-bond acceptors (Lipinski definition) is 6. The van der Waals surface area contributed by atoms with E-state index in [4.69, 9.17) is 15.2 Å². The molecule has 1 aliphatic heterocycles. The summed E-state index contributed by atoms with van der Waals surface area (Å²) in [6.07, 6.45) is 0. The number of para-hydroxylation sites is 1. The van der Waals surface area contributed by atoms with Gasteiger partial charge in [-0.3, -0.25) is 4.79 Å². The maximum absolute atomic E-state index is 12.3. The van der Waals surface area contributed by atoms with Gasteiger partial charge in [-0.25, -0.2) is 4.68 Å². The molecule has 1 aliphatic rings. The molecule has 4 rings (SSSR count). The van der Waals surface area contributed by atoms with Crippen molar-refractivity contribution in [2.45, 2.75) is 13.0 Å². The summed E-state index contributed by atoms with van der Waals surface area (Å²) in [5, 5.41) is 7.83. The van der Waals surface area contributed by atoms with Crippen molar-refractivity contribution in [3.63, 3.8) is 0 Å². The number of aromatic nitrogens is 3. The van der Waals surface area contributed by atoms with E-state index in [0.717, 1.165) is 11.1 Å². The van der Waals surface area contributed by atoms with E-state index >= 15 is 0 Å². The number of primary amides is 1. The summed E-state index contributed by atoms with van der Waals surface area (Å²) in [4.78, 5) is 17.0. The number of carbonyl (C=O) groups is 1. The highest BCUT2D eigenvalue weighted by Gasteiger charge is 2.35. The Bertz CT molecular complexity index is 1120. The number of nitrogens with one attached hydrogen (secondary N) is 1. The summed E-state index contributed by atoms with van der Waals surface area (Å²) in [5.41, 5.74) is 8.34. The fourth-order valence-electron chi connectivity index (χ4n) is 3.53. The minimum atomic E-state index is -0.563. The minimum Gasteiger partial charge on any atom is -0.497 e. The van der Waals surface area contributed by atoms with Gasteiger partial charge in [-0.15, -0.1) is 5.10 Å².